The van der Waals surface area contributed by atoms with Gasteiger partial charge in [-0.3, -0.25) is 4.90 Å². The third-order valence-corrected chi connectivity index (χ3v) is 5.60. The normalized spacial score (nSPS) is 33.6. The molecule has 0 radical (unpaired) electrons. The van der Waals surface area contributed by atoms with E-state index >= 15 is 0 Å². The monoisotopic (exact) mass is 311 g/mol. The zero-order chi connectivity index (χ0) is 13.1. The summed E-state index contributed by atoms with van der Waals surface area (Å²) >= 11 is 3.76. The lowest BCUT2D eigenvalue weighted by atomic mass is 9.87. The molecule has 0 aliphatic carbocycles. The van der Waals surface area contributed by atoms with Gasteiger partial charge in [0.15, 0.2) is 0 Å². The molecule has 1 N–H and O–H groups in total. The summed E-state index contributed by atoms with van der Waals surface area (Å²) in [6, 6.07) is 11.6. The Bertz CT molecular complexity index is 370. The van der Waals surface area contributed by atoms with Crippen LogP contribution in [0.25, 0.3) is 0 Å². The Morgan fingerprint density at radius 2 is 1.94 bits per heavy atom. The summed E-state index contributed by atoms with van der Waals surface area (Å²) in [5, 5.41) is 9.42. The summed E-state index contributed by atoms with van der Waals surface area (Å²) < 4.78 is 0. The first kappa shape index (κ1) is 14.0. The molecule has 1 heterocycles. The van der Waals surface area contributed by atoms with E-state index in [1.165, 1.54) is 5.56 Å². The predicted molar refractivity (Wildman–Crippen MR) is 78.8 cm³/mol. The SMILES string of the molecule is CC1CC(CO)C(Br)C(C)N1Cc1ccccc1. The molecule has 0 amide bonds. The van der Waals surface area contributed by atoms with Crippen LogP contribution < -0.4 is 0 Å². The Labute approximate surface area is 118 Å². The Balaban J connectivity index is 2.08. The Morgan fingerprint density at radius 3 is 2.56 bits per heavy atom. The maximum atomic E-state index is 9.42. The minimum atomic E-state index is 0.282. The maximum Gasteiger partial charge on any atom is 0.0471 e. The number of aliphatic hydroxyl groups is 1. The lowest BCUT2D eigenvalue weighted by molar-refractivity contribution is 0.0491. The van der Waals surface area contributed by atoms with Gasteiger partial charge in [-0.25, -0.2) is 0 Å². The van der Waals surface area contributed by atoms with Gasteiger partial charge in [0, 0.05) is 30.1 Å². The number of halogens is 1. The van der Waals surface area contributed by atoms with E-state index in [1.807, 2.05) is 0 Å². The molecule has 0 saturated carbocycles. The number of piperidine rings is 1. The number of aliphatic hydroxyl groups excluding tert-OH is 1. The second-order valence-corrected chi connectivity index (χ2v) is 6.43. The van der Waals surface area contributed by atoms with E-state index in [-0.39, 0.29) is 6.61 Å². The van der Waals surface area contributed by atoms with Gasteiger partial charge in [-0.15, -0.1) is 0 Å². The van der Waals surface area contributed by atoms with Crippen LogP contribution in [0.2, 0.25) is 0 Å². The molecule has 1 saturated heterocycles. The average Bonchev–Trinajstić information content (AvgIpc) is 2.40. The van der Waals surface area contributed by atoms with Crippen molar-refractivity contribution in [3.63, 3.8) is 0 Å². The van der Waals surface area contributed by atoms with Gasteiger partial charge < -0.3 is 5.11 Å². The van der Waals surface area contributed by atoms with Crippen LogP contribution in [-0.2, 0) is 6.54 Å². The molecule has 1 aromatic carbocycles. The summed E-state index contributed by atoms with van der Waals surface area (Å²) in [6.07, 6.45) is 1.06. The van der Waals surface area contributed by atoms with Crippen molar-refractivity contribution >= 4 is 15.9 Å². The molecule has 0 bridgehead atoms. The van der Waals surface area contributed by atoms with Crippen LogP contribution in [0.1, 0.15) is 25.8 Å². The van der Waals surface area contributed by atoms with Gasteiger partial charge in [0.05, 0.1) is 0 Å². The quantitative estimate of drug-likeness (QED) is 0.867. The molecule has 2 rings (SSSR count). The first-order valence-electron chi connectivity index (χ1n) is 6.68. The number of rotatable bonds is 3. The summed E-state index contributed by atoms with van der Waals surface area (Å²) in [4.78, 5) is 2.91. The second kappa shape index (κ2) is 6.18. The number of hydrogen-bond donors (Lipinski definition) is 1. The smallest absolute Gasteiger partial charge is 0.0471 e. The molecule has 0 spiro atoms. The van der Waals surface area contributed by atoms with E-state index in [1.54, 1.807) is 0 Å². The van der Waals surface area contributed by atoms with Gasteiger partial charge in [0.25, 0.3) is 0 Å². The van der Waals surface area contributed by atoms with E-state index in [0.717, 1.165) is 13.0 Å². The molecule has 1 fully saturated rings. The topological polar surface area (TPSA) is 23.5 Å². The van der Waals surface area contributed by atoms with E-state index in [9.17, 15) is 5.11 Å². The van der Waals surface area contributed by atoms with E-state index < -0.39 is 0 Å². The number of nitrogens with zero attached hydrogens (tertiary/aromatic N) is 1. The van der Waals surface area contributed by atoms with Gasteiger partial charge in [-0.1, -0.05) is 46.3 Å². The van der Waals surface area contributed by atoms with Gasteiger partial charge in [0.2, 0.25) is 0 Å². The molecule has 4 unspecified atom stereocenters. The number of benzene rings is 1. The summed E-state index contributed by atoms with van der Waals surface area (Å²) in [7, 11) is 0. The fourth-order valence-corrected chi connectivity index (χ4v) is 3.64. The van der Waals surface area contributed by atoms with Crippen LogP contribution >= 0.6 is 15.9 Å². The lowest BCUT2D eigenvalue weighted by Crippen LogP contribution is -2.53. The average molecular weight is 312 g/mol. The minimum Gasteiger partial charge on any atom is -0.396 e. The van der Waals surface area contributed by atoms with Gasteiger partial charge in [0.1, 0.15) is 0 Å². The van der Waals surface area contributed by atoms with Crippen molar-refractivity contribution in [1.29, 1.82) is 0 Å². The molecular weight excluding hydrogens is 290 g/mol. The van der Waals surface area contributed by atoms with E-state index in [2.05, 4.69) is 65.0 Å². The van der Waals surface area contributed by atoms with Crippen LogP contribution in [0, 0.1) is 5.92 Å². The van der Waals surface area contributed by atoms with Crippen molar-refractivity contribution in [3.05, 3.63) is 35.9 Å². The molecule has 1 aliphatic rings. The molecular formula is C15H22BrNO. The third-order valence-electron chi connectivity index (χ3n) is 4.09. The van der Waals surface area contributed by atoms with Gasteiger partial charge in [-0.05, 0) is 31.7 Å². The first-order valence-corrected chi connectivity index (χ1v) is 7.59. The molecule has 4 atom stereocenters. The zero-order valence-electron chi connectivity index (χ0n) is 11.1. The van der Waals surface area contributed by atoms with Crippen LogP contribution in [-0.4, -0.2) is 33.5 Å². The van der Waals surface area contributed by atoms with Crippen molar-refractivity contribution in [3.8, 4) is 0 Å². The van der Waals surface area contributed by atoms with Crippen LogP contribution in [0.15, 0.2) is 30.3 Å². The van der Waals surface area contributed by atoms with Gasteiger partial charge in [-0.2, -0.15) is 0 Å². The van der Waals surface area contributed by atoms with Crippen molar-refractivity contribution in [2.75, 3.05) is 6.61 Å². The predicted octanol–water partition coefficient (Wildman–Crippen LogP) is 3.04. The Kier molecular flexibility index (Phi) is 4.82. The molecule has 0 aromatic heterocycles. The third kappa shape index (κ3) is 2.95. The maximum absolute atomic E-state index is 9.42. The van der Waals surface area contributed by atoms with Crippen molar-refractivity contribution in [2.45, 2.75) is 43.7 Å². The highest BCUT2D eigenvalue weighted by atomic mass is 79.9. The van der Waals surface area contributed by atoms with Crippen LogP contribution in [0.3, 0.4) is 0 Å². The molecule has 18 heavy (non-hydrogen) atoms. The number of alkyl halides is 1. The van der Waals surface area contributed by atoms with Gasteiger partial charge >= 0.3 is 0 Å². The summed E-state index contributed by atoms with van der Waals surface area (Å²) in [5.74, 6) is 0.377. The largest absolute Gasteiger partial charge is 0.396 e. The van der Waals surface area contributed by atoms with Crippen LogP contribution in [0.5, 0.6) is 0 Å². The Hall–Kier alpha value is -0.380. The van der Waals surface area contributed by atoms with E-state index in [4.69, 9.17) is 0 Å². The minimum absolute atomic E-state index is 0.282. The zero-order valence-corrected chi connectivity index (χ0v) is 12.7. The molecule has 2 nitrogen and oxygen atoms in total. The van der Waals surface area contributed by atoms with Crippen LogP contribution in [0.4, 0.5) is 0 Å². The lowest BCUT2D eigenvalue weighted by Gasteiger charge is -2.45. The number of hydrogen-bond acceptors (Lipinski definition) is 2. The first-order chi connectivity index (χ1) is 8.63. The van der Waals surface area contributed by atoms with Crippen molar-refractivity contribution in [2.24, 2.45) is 5.92 Å². The Morgan fingerprint density at radius 1 is 1.28 bits per heavy atom. The molecule has 100 valence electrons. The standard InChI is InChI=1S/C15H22BrNO/c1-11-8-14(10-18)15(16)12(2)17(11)9-13-6-4-3-5-7-13/h3-7,11-12,14-15,18H,8-10H2,1-2H3. The highest BCUT2D eigenvalue weighted by Gasteiger charge is 2.37. The summed E-state index contributed by atoms with van der Waals surface area (Å²) in [6.45, 7) is 5.79. The summed E-state index contributed by atoms with van der Waals surface area (Å²) in [5.41, 5.74) is 1.36. The fraction of sp³-hybridized carbons (Fsp3) is 0.600. The van der Waals surface area contributed by atoms with Crippen molar-refractivity contribution < 1.29 is 5.11 Å². The molecule has 3 heteroatoms. The molecule has 1 aliphatic heterocycles. The second-order valence-electron chi connectivity index (χ2n) is 5.37. The number of likely N-dealkylation sites (tertiary alicyclic amines) is 1. The van der Waals surface area contributed by atoms with E-state index in [0.29, 0.717) is 22.8 Å². The highest BCUT2D eigenvalue weighted by molar-refractivity contribution is 9.09. The highest BCUT2D eigenvalue weighted by Crippen LogP contribution is 2.33. The fourth-order valence-electron chi connectivity index (χ4n) is 2.95. The molecule has 1 aromatic rings. The van der Waals surface area contributed by atoms with Crippen molar-refractivity contribution in [1.82, 2.24) is 4.90 Å².